The van der Waals surface area contributed by atoms with Gasteiger partial charge in [0.2, 0.25) is 0 Å². The minimum Gasteiger partial charge on any atom is -0.485 e. The second-order valence-electron chi connectivity index (χ2n) is 15.1. The molecule has 0 fully saturated rings. The van der Waals surface area contributed by atoms with Crippen LogP contribution in [0, 0.1) is 0 Å². The minimum absolute atomic E-state index is 0.123. The molecule has 5 nitrogen and oxygen atoms in total. The van der Waals surface area contributed by atoms with E-state index >= 15 is 0 Å². The van der Waals surface area contributed by atoms with E-state index in [4.69, 9.17) is 24.1 Å². The summed E-state index contributed by atoms with van der Waals surface area (Å²) in [6.07, 6.45) is 6.38. The van der Waals surface area contributed by atoms with Crippen molar-refractivity contribution >= 4 is 49.1 Å². The summed E-state index contributed by atoms with van der Waals surface area (Å²) in [7, 11) is 0. The number of rotatable bonds is 5. The Hall–Kier alpha value is -7.63. The number of para-hydroxylation sites is 1. The molecule has 0 amide bonds. The molecular weight excluding hydrogens is 711 g/mol. The van der Waals surface area contributed by atoms with Crippen LogP contribution in [0.3, 0.4) is 0 Å². The number of allylic oxidation sites excluding steroid dienone is 2. The van der Waals surface area contributed by atoms with Gasteiger partial charge in [0.05, 0.1) is 0 Å². The second kappa shape index (κ2) is 13.0. The van der Waals surface area contributed by atoms with Crippen LogP contribution in [0.2, 0.25) is 0 Å². The number of ether oxygens (including phenoxy) is 1. The first-order chi connectivity index (χ1) is 28.7. The van der Waals surface area contributed by atoms with E-state index in [1.54, 1.807) is 0 Å². The lowest BCUT2D eigenvalue weighted by molar-refractivity contribution is 0.269. The molecule has 272 valence electrons. The Balaban J connectivity index is 0.980. The van der Waals surface area contributed by atoms with Gasteiger partial charge in [0, 0.05) is 39.0 Å². The van der Waals surface area contributed by atoms with Gasteiger partial charge in [0.25, 0.3) is 0 Å². The Morgan fingerprint density at radius 3 is 1.97 bits per heavy atom. The highest BCUT2D eigenvalue weighted by Gasteiger charge is 2.33. The molecule has 8 aromatic carbocycles. The van der Waals surface area contributed by atoms with Gasteiger partial charge >= 0.3 is 0 Å². The Bertz CT molecular complexity index is 3340. The summed E-state index contributed by atoms with van der Waals surface area (Å²) in [6.45, 7) is 0. The van der Waals surface area contributed by atoms with E-state index in [1.807, 2.05) is 18.2 Å². The van der Waals surface area contributed by atoms with Crippen LogP contribution in [0.4, 0.5) is 0 Å². The monoisotopic (exact) mass is 743 g/mol. The average molecular weight is 744 g/mol. The molecular formula is C53H33N3O2. The fraction of sp³-hybridized carbons (Fsp3) is 0.0377. The molecule has 1 aliphatic heterocycles. The Labute approximate surface area is 334 Å². The number of benzene rings is 8. The van der Waals surface area contributed by atoms with E-state index in [0.29, 0.717) is 17.5 Å². The van der Waals surface area contributed by atoms with Gasteiger partial charge in [-0.15, -0.1) is 0 Å². The molecule has 1 aliphatic carbocycles. The minimum atomic E-state index is -0.123. The number of hydrogen-bond donors (Lipinski definition) is 0. The molecule has 0 saturated heterocycles. The zero-order valence-corrected chi connectivity index (χ0v) is 31.2. The predicted octanol–water partition coefficient (Wildman–Crippen LogP) is 13.2. The maximum Gasteiger partial charge on any atom is 0.164 e. The molecule has 2 atom stereocenters. The van der Waals surface area contributed by atoms with Crippen LogP contribution < -0.4 is 4.74 Å². The highest BCUT2D eigenvalue weighted by molar-refractivity contribution is 6.13. The van der Waals surface area contributed by atoms with Gasteiger partial charge in [-0.1, -0.05) is 140 Å². The molecule has 0 bridgehead atoms. The van der Waals surface area contributed by atoms with Crippen LogP contribution in [0.1, 0.15) is 17.3 Å². The molecule has 0 spiro atoms. The smallest absolute Gasteiger partial charge is 0.164 e. The maximum atomic E-state index is 6.40. The number of furan rings is 1. The molecule has 1 unspecified atom stereocenters. The van der Waals surface area contributed by atoms with Crippen molar-refractivity contribution in [3.8, 4) is 50.8 Å². The zero-order valence-electron chi connectivity index (χ0n) is 31.2. The zero-order chi connectivity index (χ0) is 38.2. The van der Waals surface area contributed by atoms with E-state index in [9.17, 15) is 0 Å². The molecule has 5 heteroatoms. The number of nitrogens with zero attached hydrogens (tertiary/aromatic N) is 3. The summed E-state index contributed by atoms with van der Waals surface area (Å²) in [6, 6.07) is 59.4. The summed E-state index contributed by atoms with van der Waals surface area (Å²) in [5.74, 6) is 2.94. The van der Waals surface area contributed by atoms with E-state index < -0.39 is 0 Å². The van der Waals surface area contributed by atoms with Crippen LogP contribution in [0.5, 0.6) is 5.75 Å². The summed E-state index contributed by atoms with van der Waals surface area (Å²) in [4.78, 5) is 15.4. The first-order valence-corrected chi connectivity index (χ1v) is 19.7. The Morgan fingerprint density at radius 1 is 0.448 bits per heavy atom. The molecule has 58 heavy (non-hydrogen) atoms. The highest BCUT2D eigenvalue weighted by atomic mass is 16.5. The van der Waals surface area contributed by atoms with Gasteiger partial charge in [-0.2, -0.15) is 0 Å². The molecule has 0 radical (unpaired) electrons. The quantitative estimate of drug-likeness (QED) is 0.176. The predicted molar refractivity (Wildman–Crippen MR) is 235 cm³/mol. The molecule has 3 heterocycles. The fourth-order valence-corrected chi connectivity index (χ4v) is 8.72. The SMILES string of the molecule is C1=C[C@H]2c3ccccc3OC2C=C1c1nc(-c2ccc3ccccc3c2)nc(-c2ccc3ccc(-c4cccc5oc6ccc(-c7ccccc7)cc6c45)cc3c2)n1. The fourth-order valence-electron chi connectivity index (χ4n) is 8.72. The molecule has 0 N–H and O–H groups in total. The number of fused-ring (bicyclic) bond motifs is 8. The maximum absolute atomic E-state index is 6.40. The van der Waals surface area contributed by atoms with Crippen molar-refractivity contribution < 1.29 is 9.15 Å². The lowest BCUT2D eigenvalue weighted by Gasteiger charge is -2.18. The molecule has 10 aromatic rings. The van der Waals surface area contributed by atoms with Gasteiger partial charge in [-0.25, -0.2) is 15.0 Å². The average Bonchev–Trinajstić information content (AvgIpc) is 3.86. The van der Waals surface area contributed by atoms with Crippen molar-refractivity contribution in [1.29, 1.82) is 0 Å². The highest BCUT2D eigenvalue weighted by Crippen LogP contribution is 2.43. The van der Waals surface area contributed by atoms with Gasteiger partial charge < -0.3 is 9.15 Å². The second-order valence-corrected chi connectivity index (χ2v) is 15.1. The van der Waals surface area contributed by atoms with Crippen LogP contribution in [-0.4, -0.2) is 21.1 Å². The molecule has 12 rings (SSSR count). The first-order valence-electron chi connectivity index (χ1n) is 19.7. The summed E-state index contributed by atoms with van der Waals surface area (Å²) < 4.78 is 12.8. The molecule has 2 aromatic heterocycles. The van der Waals surface area contributed by atoms with E-state index in [2.05, 4.69) is 170 Å². The molecule has 0 saturated carbocycles. The van der Waals surface area contributed by atoms with Crippen molar-refractivity contribution in [2.45, 2.75) is 12.0 Å². The van der Waals surface area contributed by atoms with Crippen molar-refractivity contribution in [3.05, 3.63) is 199 Å². The third-order valence-corrected chi connectivity index (χ3v) is 11.6. The van der Waals surface area contributed by atoms with Crippen molar-refractivity contribution in [2.75, 3.05) is 0 Å². The Morgan fingerprint density at radius 2 is 1.12 bits per heavy atom. The number of aromatic nitrogens is 3. The summed E-state index contributed by atoms with van der Waals surface area (Å²) in [5.41, 5.74) is 10.3. The largest absolute Gasteiger partial charge is 0.485 e. The van der Waals surface area contributed by atoms with Crippen LogP contribution in [-0.2, 0) is 0 Å². The van der Waals surface area contributed by atoms with Crippen molar-refractivity contribution in [2.24, 2.45) is 0 Å². The number of hydrogen-bond acceptors (Lipinski definition) is 5. The van der Waals surface area contributed by atoms with Crippen LogP contribution in [0.15, 0.2) is 193 Å². The van der Waals surface area contributed by atoms with E-state index in [-0.39, 0.29) is 12.0 Å². The van der Waals surface area contributed by atoms with Crippen molar-refractivity contribution in [3.63, 3.8) is 0 Å². The van der Waals surface area contributed by atoms with Crippen LogP contribution >= 0.6 is 0 Å². The third-order valence-electron chi connectivity index (χ3n) is 11.6. The van der Waals surface area contributed by atoms with Gasteiger partial charge in [-0.05, 0) is 92.3 Å². The van der Waals surface area contributed by atoms with Gasteiger partial charge in [0.1, 0.15) is 23.0 Å². The lowest BCUT2D eigenvalue weighted by Crippen LogP contribution is -2.18. The molecule has 2 aliphatic rings. The first kappa shape index (κ1) is 32.6. The van der Waals surface area contributed by atoms with E-state index in [0.717, 1.165) is 77.2 Å². The topological polar surface area (TPSA) is 61.0 Å². The standard InChI is InChI=1S/C53H33N3O2/c1-2-9-32(10-3-1)36-24-26-47-45(30-36)50-42(14-8-16-48(50)57-47)37-20-17-34-19-22-39(29-41(34)28-37)52-54-51(38-21-18-33-11-4-5-12-35(33)27-38)55-53(56-52)40-23-25-44-43-13-6-7-15-46(43)58-49(44)31-40/h1-31,44,49H/t44-,49?/m0/s1. The normalized spacial score (nSPS) is 15.8. The summed E-state index contributed by atoms with van der Waals surface area (Å²) in [5, 5.41) is 6.74. The third kappa shape index (κ3) is 5.43. The van der Waals surface area contributed by atoms with Gasteiger partial charge in [0.15, 0.2) is 17.5 Å². The van der Waals surface area contributed by atoms with Crippen LogP contribution in [0.25, 0.3) is 94.1 Å². The van der Waals surface area contributed by atoms with Gasteiger partial charge in [-0.3, -0.25) is 0 Å². The Kier molecular flexibility index (Phi) is 7.29. The van der Waals surface area contributed by atoms with E-state index in [1.165, 1.54) is 16.5 Å². The summed E-state index contributed by atoms with van der Waals surface area (Å²) >= 11 is 0. The van der Waals surface area contributed by atoms with Crippen molar-refractivity contribution in [1.82, 2.24) is 15.0 Å². The lowest BCUT2D eigenvalue weighted by atomic mass is 9.89.